The van der Waals surface area contributed by atoms with Crippen molar-refractivity contribution >= 4 is 23.6 Å². The summed E-state index contributed by atoms with van der Waals surface area (Å²) < 4.78 is 0. The van der Waals surface area contributed by atoms with E-state index in [9.17, 15) is 19.8 Å². The lowest BCUT2D eigenvalue weighted by Crippen LogP contribution is -2.47. The third kappa shape index (κ3) is 4.05. The molecule has 30 heavy (non-hydrogen) atoms. The predicted octanol–water partition coefficient (Wildman–Crippen LogP) is 2.62. The van der Waals surface area contributed by atoms with Gasteiger partial charge in [0.15, 0.2) is 11.5 Å². The fraction of sp³-hybridized carbons (Fsp3) is 0.261. The zero-order chi connectivity index (χ0) is 21.1. The van der Waals surface area contributed by atoms with Gasteiger partial charge < -0.3 is 15.5 Å². The smallest absolute Gasteiger partial charge is 0.311 e. The minimum absolute atomic E-state index is 0.0457. The van der Waals surface area contributed by atoms with Crippen LogP contribution in [0.4, 0.5) is 0 Å². The van der Waals surface area contributed by atoms with Crippen LogP contribution in [-0.2, 0) is 16.0 Å². The van der Waals surface area contributed by atoms with Crippen LogP contribution >= 0.6 is 0 Å². The summed E-state index contributed by atoms with van der Waals surface area (Å²) in [5, 5.41) is 26.1. The van der Waals surface area contributed by atoms with Crippen LogP contribution in [0.5, 0.6) is 11.5 Å². The summed E-state index contributed by atoms with van der Waals surface area (Å²) in [6, 6.07) is 12.1. The van der Waals surface area contributed by atoms with E-state index in [-0.39, 0.29) is 17.0 Å². The largest absolute Gasteiger partial charge is 0.504 e. The van der Waals surface area contributed by atoms with E-state index < -0.39 is 11.7 Å². The van der Waals surface area contributed by atoms with Crippen molar-refractivity contribution in [3.8, 4) is 11.5 Å². The molecule has 4 N–H and O–H groups in total. The molecule has 0 saturated heterocycles. The first-order valence-corrected chi connectivity index (χ1v) is 9.93. The van der Waals surface area contributed by atoms with Gasteiger partial charge in [-0.1, -0.05) is 37.1 Å². The molecule has 0 aromatic heterocycles. The minimum atomic E-state index is -0.855. The molecule has 1 aliphatic heterocycles. The van der Waals surface area contributed by atoms with Gasteiger partial charge in [0.2, 0.25) is 5.78 Å². The van der Waals surface area contributed by atoms with Gasteiger partial charge in [0, 0.05) is 22.9 Å². The Morgan fingerprint density at radius 3 is 2.60 bits per heavy atom. The topological polar surface area (TPSA) is 111 Å². The molecule has 2 aliphatic rings. The molecular formula is C23H23N3O4. The molecule has 4 rings (SSSR count). The summed E-state index contributed by atoms with van der Waals surface area (Å²) in [5.41, 5.74) is 5.42. The summed E-state index contributed by atoms with van der Waals surface area (Å²) in [7, 11) is 0. The zero-order valence-corrected chi connectivity index (χ0v) is 16.4. The van der Waals surface area contributed by atoms with Crippen molar-refractivity contribution in [1.29, 1.82) is 0 Å². The second-order valence-corrected chi connectivity index (χ2v) is 7.82. The Morgan fingerprint density at radius 1 is 1.07 bits per heavy atom. The number of hydrogen-bond donors (Lipinski definition) is 4. The monoisotopic (exact) mass is 405 g/mol. The van der Waals surface area contributed by atoms with Crippen LogP contribution in [0.1, 0.15) is 42.4 Å². The molecule has 154 valence electrons. The van der Waals surface area contributed by atoms with Crippen LogP contribution in [0.25, 0.3) is 5.70 Å². The fourth-order valence-electron chi connectivity index (χ4n) is 4.20. The number of carbonyl (C=O) groups excluding carboxylic acids is 2. The molecule has 1 saturated carbocycles. The van der Waals surface area contributed by atoms with E-state index in [4.69, 9.17) is 0 Å². The number of nitrogens with zero attached hydrogens (tertiary/aromatic N) is 1. The summed E-state index contributed by atoms with van der Waals surface area (Å²) in [6.07, 6.45) is 7.93. The third-order valence-corrected chi connectivity index (χ3v) is 5.68. The number of phenolic OH excluding ortho intramolecular Hbond substituents is 2. The molecule has 1 amide bonds. The molecule has 7 heteroatoms. The maximum atomic E-state index is 12.5. The number of carbonyl (C=O) groups is 2. The summed E-state index contributed by atoms with van der Waals surface area (Å²) >= 11 is 0. The van der Waals surface area contributed by atoms with Crippen molar-refractivity contribution in [2.45, 2.75) is 37.6 Å². The first kappa shape index (κ1) is 19.7. The maximum Gasteiger partial charge on any atom is 0.311 e. The Labute approximate surface area is 174 Å². The normalized spacial score (nSPS) is 18.3. The van der Waals surface area contributed by atoms with Crippen molar-refractivity contribution < 1.29 is 19.8 Å². The van der Waals surface area contributed by atoms with Crippen LogP contribution in [0.15, 0.2) is 53.6 Å². The number of rotatable bonds is 4. The van der Waals surface area contributed by atoms with E-state index in [0.29, 0.717) is 11.3 Å². The summed E-state index contributed by atoms with van der Waals surface area (Å²) in [4.78, 5) is 24.7. The van der Waals surface area contributed by atoms with Crippen molar-refractivity contribution in [3.63, 3.8) is 0 Å². The van der Waals surface area contributed by atoms with Gasteiger partial charge in [-0.3, -0.25) is 9.59 Å². The number of nitrogens with one attached hydrogen (secondary N) is 2. The number of hydrazone groups is 1. The Morgan fingerprint density at radius 2 is 1.83 bits per heavy atom. The van der Waals surface area contributed by atoms with Gasteiger partial charge in [-0.15, -0.1) is 0 Å². The number of benzene rings is 2. The molecule has 1 aliphatic carbocycles. The third-order valence-electron chi connectivity index (χ3n) is 5.68. The lowest BCUT2D eigenvalue weighted by Gasteiger charge is -2.38. The van der Waals surface area contributed by atoms with Gasteiger partial charge in [-0.05, 0) is 48.6 Å². The standard InChI is InChI=1S/C23H23N3O4/c27-19-8-7-15(11-20(19)28)14-24-26-22(30)21(29)12-18-17-6-2-1-5-16(17)13-23(25-18)9-3-4-10-23/h1-2,5-8,11-12,14,25,27-28H,3-4,9-10,13H2,(H,26,30)/b18-12?,24-14+. The van der Waals surface area contributed by atoms with Gasteiger partial charge in [0.25, 0.3) is 0 Å². The molecule has 0 radical (unpaired) electrons. The Kier molecular flexibility index (Phi) is 5.27. The van der Waals surface area contributed by atoms with E-state index in [0.717, 1.165) is 37.7 Å². The van der Waals surface area contributed by atoms with Gasteiger partial charge in [0.05, 0.1) is 6.21 Å². The lowest BCUT2D eigenvalue weighted by molar-refractivity contribution is -0.135. The molecule has 7 nitrogen and oxygen atoms in total. The average Bonchev–Trinajstić information content (AvgIpc) is 3.17. The molecule has 0 bridgehead atoms. The first-order valence-electron chi connectivity index (χ1n) is 9.93. The van der Waals surface area contributed by atoms with Gasteiger partial charge >= 0.3 is 5.91 Å². The van der Waals surface area contributed by atoms with Crippen LogP contribution in [0.2, 0.25) is 0 Å². The Balaban J connectivity index is 1.49. The van der Waals surface area contributed by atoms with Crippen molar-refractivity contribution in [1.82, 2.24) is 10.7 Å². The van der Waals surface area contributed by atoms with Crippen molar-refractivity contribution in [3.05, 3.63) is 65.2 Å². The number of amides is 1. The zero-order valence-electron chi connectivity index (χ0n) is 16.4. The lowest BCUT2D eigenvalue weighted by atomic mass is 9.82. The maximum absolute atomic E-state index is 12.5. The van der Waals surface area contributed by atoms with E-state index in [1.807, 2.05) is 18.2 Å². The number of phenols is 2. The van der Waals surface area contributed by atoms with Gasteiger partial charge in [-0.25, -0.2) is 5.43 Å². The SMILES string of the molecule is O=C(C=C1NC2(CCCC2)Cc2ccccc21)C(=O)N/N=C/c1ccc(O)c(O)c1. The number of hydrogen-bond acceptors (Lipinski definition) is 6. The van der Waals surface area contributed by atoms with Crippen LogP contribution in [-0.4, -0.2) is 33.7 Å². The Bertz CT molecular complexity index is 1050. The second-order valence-electron chi connectivity index (χ2n) is 7.82. The highest BCUT2D eigenvalue weighted by Gasteiger charge is 2.38. The quantitative estimate of drug-likeness (QED) is 0.205. The molecule has 0 unspecified atom stereocenters. The molecule has 1 heterocycles. The minimum Gasteiger partial charge on any atom is -0.504 e. The Hall–Kier alpha value is -3.61. The van der Waals surface area contributed by atoms with Gasteiger partial charge in [0.1, 0.15) is 0 Å². The number of fused-ring (bicyclic) bond motifs is 1. The molecule has 2 aromatic rings. The molecular weight excluding hydrogens is 382 g/mol. The van der Waals surface area contributed by atoms with E-state index in [2.05, 4.69) is 21.9 Å². The van der Waals surface area contributed by atoms with Gasteiger partial charge in [-0.2, -0.15) is 5.10 Å². The second kappa shape index (κ2) is 8.02. The molecule has 2 aromatic carbocycles. The summed E-state index contributed by atoms with van der Waals surface area (Å²) in [6.45, 7) is 0. The van der Waals surface area contributed by atoms with Crippen molar-refractivity contribution in [2.75, 3.05) is 0 Å². The highest BCUT2D eigenvalue weighted by atomic mass is 16.3. The molecule has 1 fully saturated rings. The van der Waals surface area contributed by atoms with E-state index >= 15 is 0 Å². The van der Waals surface area contributed by atoms with Crippen LogP contribution < -0.4 is 10.7 Å². The highest BCUT2D eigenvalue weighted by Crippen LogP contribution is 2.39. The van der Waals surface area contributed by atoms with E-state index in [1.54, 1.807) is 0 Å². The van der Waals surface area contributed by atoms with Crippen LogP contribution in [0.3, 0.4) is 0 Å². The molecule has 1 spiro atoms. The van der Waals surface area contributed by atoms with Crippen molar-refractivity contribution in [2.24, 2.45) is 5.10 Å². The first-order chi connectivity index (χ1) is 14.5. The van der Waals surface area contributed by atoms with Crippen LogP contribution in [0, 0.1) is 0 Å². The average molecular weight is 405 g/mol. The number of ketones is 1. The molecule has 0 atom stereocenters. The fourth-order valence-corrected chi connectivity index (χ4v) is 4.20. The van der Waals surface area contributed by atoms with E-state index in [1.165, 1.54) is 36.1 Å². The highest BCUT2D eigenvalue weighted by molar-refractivity contribution is 6.41. The number of aromatic hydroxyl groups is 2. The predicted molar refractivity (Wildman–Crippen MR) is 113 cm³/mol. The summed E-state index contributed by atoms with van der Waals surface area (Å²) in [5.74, 6) is -2.10.